The number of hydrogen-bond acceptors (Lipinski definition) is 6. The lowest BCUT2D eigenvalue weighted by Gasteiger charge is -2.21. The van der Waals surface area contributed by atoms with Crippen molar-refractivity contribution < 1.29 is 23.9 Å². The van der Waals surface area contributed by atoms with E-state index in [4.69, 9.17) is 0 Å². The number of benzene rings is 1. The van der Waals surface area contributed by atoms with E-state index >= 15 is 0 Å². The summed E-state index contributed by atoms with van der Waals surface area (Å²) in [5.41, 5.74) is 0.786. The summed E-state index contributed by atoms with van der Waals surface area (Å²) in [6, 6.07) is 8.27. The van der Waals surface area contributed by atoms with E-state index in [9.17, 15) is 19.2 Å². The Morgan fingerprint density at radius 1 is 1.08 bits per heavy atom. The molecule has 132 valence electrons. The smallest absolute Gasteiger partial charge is 0.339 e. The monoisotopic (exact) mass is 353 g/mol. The van der Waals surface area contributed by atoms with Crippen molar-refractivity contribution in [2.75, 3.05) is 12.4 Å². The molecule has 1 aromatic heterocycles. The Morgan fingerprint density at radius 2 is 1.69 bits per heavy atom. The molecule has 1 atom stereocenters. The molecule has 8 heteroatoms. The molecule has 1 aliphatic heterocycles. The first-order valence-corrected chi connectivity index (χ1v) is 7.76. The highest BCUT2D eigenvalue weighted by Gasteiger charge is 2.40. The summed E-state index contributed by atoms with van der Waals surface area (Å²) in [4.78, 5) is 53.5. The Kier molecular flexibility index (Phi) is 4.49. The Bertz CT molecular complexity index is 872. The number of nitrogens with zero attached hydrogens (tertiary/aromatic N) is 2. The maximum atomic E-state index is 12.4. The minimum atomic E-state index is -1.02. The molecule has 1 aliphatic rings. The molecule has 1 N–H and O–H groups in total. The maximum absolute atomic E-state index is 12.4. The van der Waals surface area contributed by atoms with E-state index < -0.39 is 29.7 Å². The number of amides is 3. The highest BCUT2D eigenvalue weighted by atomic mass is 16.5. The third kappa shape index (κ3) is 2.92. The number of hydrogen-bond donors (Lipinski definition) is 1. The zero-order valence-electron chi connectivity index (χ0n) is 14.1. The van der Waals surface area contributed by atoms with Crippen LogP contribution in [0.2, 0.25) is 0 Å². The number of aromatic nitrogens is 1. The van der Waals surface area contributed by atoms with E-state index in [-0.39, 0.29) is 22.5 Å². The van der Waals surface area contributed by atoms with E-state index in [1.54, 1.807) is 24.3 Å². The van der Waals surface area contributed by atoms with E-state index in [0.29, 0.717) is 0 Å². The summed E-state index contributed by atoms with van der Waals surface area (Å²) in [7, 11) is 1.25. The molecule has 26 heavy (non-hydrogen) atoms. The molecule has 0 bridgehead atoms. The van der Waals surface area contributed by atoms with Crippen LogP contribution in [0.25, 0.3) is 0 Å². The minimum Gasteiger partial charge on any atom is -0.465 e. The van der Waals surface area contributed by atoms with Crippen molar-refractivity contribution in [3.05, 3.63) is 59.3 Å². The van der Waals surface area contributed by atoms with Gasteiger partial charge in [-0.3, -0.25) is 19.3 Å². The van der Waals surface area contributed by atoms with Crippen molar-refractivity contribution in [2.45, 2.75) is 13.0 Å². The number of carbonyl (C=O) groups is 4. The van der Waals surface area contributed by atoms with Crippen molar-refractivity contribution in [1.82, 2.24) is 9.88 Å². The van der Waals surface area contributed by atoms with Gasteiger partial charge in [0.15, 0.2) is 0 Å². The van der Waals surface area contributed by atoms with Gasteiger partial charge < -0.3 is 10.1 Å². The number of carbonyl (C=O) groups excluding carboxylic acids is 4. The lowest BCUT2D eigenvalue weighted by atomic mass is 10.1. The van der Waals surface area contributed by atoms with Crippen LogP contribution in [0.15, 0.2) is 42.6 Å². The average molecular weight is 353 g/mol. The summed E-state index contributed by atoms with van der Waals surface area (Å²) < 4.78 is 4.57. The number of esters is 1. The Labute approximate surface area is 148 Å². The molecule has 3 rings (SSSR count). The number of nitrogens with one attached hydrogen (secondary N) is 1. The van der Waals surface area contributed by atoms with Crippen LogP contribution >= 0.6 is 0 Å². The fourth-order valence-corrected chi connectivity index (χ4v) is 2.61. The van der Waals surface area contributed by atoms with Crippen LogP contribution in [0.1, 0.15) is 38.0 Å². The molecule has 1 aromatic carbocycles. The lowest BCUT2D eigenvalue weighted by Crippen LogP contribution is -2.45. The molecular weight excluding hydrogens is 338 g/mol. The molecule has 0 spiro atoms. The molecule has 0 radical (unpaired) electrons. The van der Waals surface area contributed by atoms with Crippen LogP contribution in [0, 0.1) is 0 Å². The summed E-state index contributed by atoms with van der Waals surface area (Å²) >= 11 is 0. The molecule has 0 fully saturated rings. The van der Waals surface area contributed by atoms with Crippen LogP contribution in [-0.4, -0.2) is 46.7 Å². The van der Waals surface area contributed by atoms with Gasteiger partial charge in [0.1, 0.15) is 11.9 Å². The van der Waals surface area contributed by atoms with Gasteiger partial charge in [-0.25, -0.2) is 9.78 Å². The Hall–Kier alpha value is -3.55. The molecule has 0 saturated heterocycles. The molecule has 0 saturated carbocycles. The summed E-state index contributed by atoms with van der Waals surface area (Å²) in [5.74, 6) is -1.96. The quantitative estimate of drug-likeness (QED) is 0.659. The highest BCUT2D eigenvalue weighted by Crippen LogP contribution is 2.24. The third-order valence-corrected chi connectivity index (χ3v) is 4.03. The zero-order chi connectivity index (χ0) is 18.8. The third-order valence-electron chi connectivity index (χ3n) is 4.03. The van der Waals surface area contributed by atoms with Gasteiger partial charge in [-0.15, -0.1) is 0 Å². The second-order valence-electron chi connectivity index (χ2n) is 5.61. The standard InChI is InChI=1S/C18H15N3O5/c1-10(21-16(23)12-5-3-4-6-13(12)17(21)24)15(22)20-14-8-7-11(9-19-14)18(25)26-2/h3-10H,1-2H3,(H,19,20,22). The minimum absolute atomic E-state index is 0.186. The first kappa shape index (κ1) is 17.3. The fraction of sp³-hybridized carbons (Fsp3) is 0.167. The van der Waals surface area contributed by atoms with Crippen LogP contribution in [-0.2, 0) is 9.53 Å². The van der Waals surface area contributed by atoms with Crippen LogP contribution in [0.5, 0.6) is 0 Å². The number of fused-ring (bicyclic) bond motifs is 1. The molecule has 0 aliphatic carbocycles. The maximum Gasteiger partial charge on any atom is 0.339 e. The normalized spacial score (nSPS) is 14.0. The number of pyridine rings is 1. The Balaban J connectivity index is 1.74. The van der Waals surface area contributed by atoms with Gasteiger partial charge in [0.25, 0.3) is 11.8 Å². The van der Waals surface area contributed by atoms with Crippen LogP contribution in [0.3, 0.4) is 0 Å². The van der Waals surface area contributed by atoms with Gasteiger partial charge in [0, 0.05) is 6.20 Å². The number of anilines is 1. The number of ether oxygens (including phenoxy) is 1. The van der Waals surface area contributed by atoms with Crippen LogP contribution < -0.4 is 5.32 Å². The molecule has 3 amide bonds. The Morgan fingerprint density at radius 3 is 2.19 bits per heavy atom. The van der Waals surface area contributed by atoms with E-state index in [1.165, 1.54) is 32.4 Å². The van der Waals surface area contributed by atoms with Crippen molar-refractivity contribution in [3.63, 3.8) is 0 Å². The van der Waals surface area contributed by atoms with Gasteiger partial charge in [0.05, 0.1) is 23.8 Å². The second-order valence-corrected chi connectivity index (χ2v) is 5.61. The van der Waals surface area contributed by atoms with Gasteiger partial charge in [0.2, 0.25) is 5.91 Å². The van der Waals surface area contributed by atoms with Crippen molar-refractivity contribution in [3.8, 4) is 0 Å². The van der Waals surface area contributed by atoms with E-state index in [1.807, 2.05) is 0 Å². The number of methoxy groups -OCH3 is 1. The molecule has 8 nitrogen and oxygen atoms in total. The first-order chi connectivity index (χ1) is 12.4. The summed E-state index contributed by atoms with van der Waals surface area (Å²) in [6.45, 7) is 1.46. The average Bonchev–Trinajstić information content (AvgIpc) is 2.92. The second kappa shape index (κ2) is 6.75. The van der Waals surface area contributed by atoms with Gasteiger partial charge in [-0.05, 0) is 31.2 Å². The van der Waals surface area contributed by atoms with Crippen molar-refractivity contribution >= 4 is 29.5 Å². The number of imide groups is 1. The predicted molar refractivity (Wildman–Crippen MR) is 90.6 cm³/mol. The molecular formula is C18H15N3O5. The largest absolute Gasteiger partial charge is 0.465 e. The number of rotatable bonds is 4. The first-order valence-electron chi connectivity index (χ1n) is 7.76. The van der Waals surface area contributed by atoms with Crippen molar-refractivity contribution in [2.24, 2.45) is 0 Å². The summed E-state index contributed by atoms with van der Waals surface area (Å²) in [6.07, 6.45) is 1.26. The SMILES string of the molecule is COC(=O)c1ccc(NC(=O)C(C)N2C(=O)c3ccccc3C2=O)nc1. The van der Waals surface area contributed by atoms with Gasteiger partial charge in [-0.2, -0.15) is 0 Å². The molecule has 2 heterocycles. The summed E-state index contributed by atoms with van der Waals surface area (Å²) in [5, 5.41) is 2.52. The molecule has 1 unspecified atom stereocenters. The van der Waals surface area contributed by atoms with Crippen molar-refractivity contribution in [1.29, 1.82) is 0 Å². The van der Waals surface area contributed by atoms with Crippen LogP contribution in [0.4, 0.5) is 5.82 Å². The van der Waals surface area contributed by atoms with Gasteiger partial charge >= 0.3 is 5.97 Å². The van der Waals surface area contributed by atoms with E-state index in [0.717, 1.165) is 4.90 Å². The zero-order valence-corrected chi connectivity index (χ0v) is 14.1. The predicted octanol–water partition coefficient (Wildman–Crippen LogP) is 1.49. The fourth-order valence-electron chi connectivity index (χ4n) is 2.61. The highest BCUT2D eigenvalue weighted by molar-refractivity contribution is 6.23. The van der Waals surface area contributed by atoms with E-state index in [2.05, 4.69) is 15.0 Å². The lowest BCUT2D eigenvalue weighted by molar-refractivity contribution is -0.119. The molecule has 2 aromatic rings. The topological polar surface area (TPSA) is 106 Å². The van der Waals surface area contributed by atoms with Gasteiger partial charge in [-0.1, -0.05) is 12.1 Å².